The minimum absolute atomic E-state index is 0.282. The molecular weight excluding hydrogens is 285 g/mol. The summed E-state index contributed by atoms with van der Waals surface area (Å²) in [5.41, 5.74) is 6.66. The van der Waals surface area contributed by atoms with Crippen molar-refractivity contribution in [2.45, 2.75) is 6.61 Å². The molecule has 0 amide bonds. The Morgan fingerprint density at radius 2 is 1.94 bits per heavy atom. The molecule has 0 atom stereocenters. The van der Waals surface area contributed by atoms with Crippen molar-refractivity contribution in [1.29, 1.82) is 0 Å². The molecule has 0 unspecified atom stereocenters. The fourth-order valence-electron chi connectivity index (χ4n) is 1.48. The van der Waals surface area contributed by atoms with Gasteiger partial charge in [-0.3, -0.25) is 0 Å². The summed E-state index contributed by atoms with van der Waals surface area (Å²) in [5, 5.41) is 0. The van der Waals surface area contributed by atoms with Crippen molar-refractivity contribution in [2.24, 2.45) is 0 Å². The van der Waals surface area contributed by atoms with E-state index in [1.165, 1.54) is 12.1 Å². The number of hydrogen-bond donors (Lipinski definition) is 1. The molecule has 0 aliphatic carbocycles. The van der Waals surface area contributed by atoms with Crippen LogP contribution in [0.25, 0.3) is 0 Å². The van der Waals surface area contributed by atoms with E-state index in [0.29, 0.717) is 11.3 Å². The van der Waals surface area contributed by atoms with Gasteiger partial charge in [-0.1, -0.05) is 12.1 Å². The summed E-state index contributed by atoms with van der Waals surface area (Å²) >= 11 is 3.37. The molecule has 0 heterocycles. The third-order valence-electron chi connectivity index (χ3n) is 2.21. The van der Waals surface area contributed by atoms with Gasteiger partial charge in [-0.05, 0) is 51.8 Å². The maximum Gasteiger partial charge on any atom is 0.133 e. The first kappa shape index (κ1) is 11.9. The molecule has 2 aromatic rings. The summed E-state index contributed by atoms with van der Waals surface area (Å²) in [5.74, 6) is 0.367. The Bertz CT molecular complexity index is 510. The third-order valence-corrected chi connectivity index (χ3v) is 2.87. The predicted molar refractivity (Wildman–Crippen MR) is 69.3 cm³/mol. The molecule has 0 aliphatic heterocycles. The van der Waals surface area contributed by atoms with Crippen LogP contribution in [-0.2, 0) is 6.61 Å². The maximum absolute atomic E-state index is 13.1. The molecule has 0 aliphatic rings. The highest BCUT2D eigenvalue weighted by atomic mass is 79.9. The van der Waals surface area contributed by atoms with Gasteiger partial charge in [0.05, 0.1) is 4.47 Å². The molecule has 0 saturated carbocycles. The van der Waals surface area contributed by atoms with E-state index in [2.05, 4.69) is 15.9 Å². The molecule has 88 valence electrons. The van der Waals surface area contributed by atoms with Crippen LogP contribution >= 0.6 is 15.9 Å². The standard InChI is InChI=1S/C13H11BrFNO/c14-12-3-1-2-4-13(12)17-8-9-5-10(15)7-11(16)6-9/h1-7H,8,16H2. The molecular formula is C13H11BrFNO. The number of para-hydroxylation sites is 1. The molecule has 2 aromatic carbocycles. The highest BCUT2D eigenvalue weighted by Gasteiger charge is 2.02. The van der Waals surface area contributed by atoms with Gasteiger partial charge in [0.15, 0.2) is 0 Å². The fraction of sp³-hybridized carbons (Fsp3) is 0.0769. The van der Waals surface area contributed by atoms with Gasteiger partial charge in [0, 0.05) is 5.69 Å². The average Bonchev–Trinajstić information content (AvgIpc) is 2.27. The Hall–Kier alpha value is -1.55. The summed E-state index contributed by atoms with van der Waals surface area (Å²) in [7, 11) is 0. The zero-order valence-corrected chi connectivity index (χ0v) is 10.6. The quantitative estimate of drug-likeness (QED) is 0.875. The molecule has 0 saturated heterocycles. The second kappa shape index (κ2) is 5.19. The van der Waals surface area contributed by atoms with E-state index < -0.39 is 0 Å². The van der Waals surface area contributed by atoms with Crippen molar-refractivity contribution in [1.82, 2.24) is 0 Å². The molecule has 0 bridgehead atoms. The lowest BCUT2D eigenvalue weighted by molar-refractivity contribution is 0.303. The SMILES string of the molecule is Nc1cc(F)cc(COc2ccccc2Br)c1. The van der Waals surface area contributed by atoms with Crippen molar-refractivity contribution >= 4 is 21.6 Å². The van der Waals surface area contributed by atoms with Crippen LogP contribution in [0.5, 0.6) is 5.75 Å². The lowest BCUT2D eigenvalue weighted by Gasteiger charge is -2.08. The molecule has 2 nitrogen and oxygen atoms in total. The zero-order valence-electron chi connectivity index (χ0n) is 8.99. The first-order chi connectivity index (χ1) is 8.15. The van der Waals surface area contributed by atoms with Crippen LogP contribution in [0.4, 0.5) is 10.1 Å². The number of anilines is 1. The molecule has 0 aromatic heterocycles. The lowest BCUT2D eigenvalue weighted by Crippen LogP contribution is -1.98. The minimum Gasteiger partial charge on any atom is -0.488 e. The number of benzene rings is 2. The molecule has 0 radical (unpaired) electrons. The van der Waals surface area contributed by atoms with Crippen LogP contribution in [0, 0.1) is 5.82 Å². The van der Waals surface area contributed by atoms with E-state index in [0.717, 1.165) is 10.2 Å². The highest BCUT2D eigenvalue weighted by molar-refractivity contribution is 9.10. The number of nitrogens with two attached hydrogens (primary N) is 1. The van der Waals surface area contributed by atoms with Crippen LogP contribution in [0.2, 0.25) is 0 Å². The predicted octanol–water partition coefficient (Wildman–Crippen LogP) is 3.75. The molecule has 17 heavy (non-hydrogen) atoms. The van der Waals surface area contributed by atoms with Gasteiger partial charge in [-0.15, -0.1) is 0 Å². The van der Waals surface area contributed by atoms with Crippen LogP contribution < -0.4 is 10.5 Å². The van der Waals surface area contributed by atoms with Gasteiger partial charge >= 0.3 is 0 Å². The van der Waals surface area contributed by atoms with Gasteiger partial charge in [0.25, 0.3) is 0 Å². The van der Waals surface area contributed by atoms with E-state index in [-0.39, 0.29) is 12.4 Å². The monoisotopic (exact) mass is 295 g/mol. The topological polar surface area (TPSA) is 35.2 Å². The van der Waals surface area contributed by atoms with Crippen molar-refractivity contribution in [2.75, 3.05) is 5.73 Å². The molecule has 4 heteroatoms. The summed E-state index contributed by atoms with van der Waals surface area (Å²) in [6, 6.07) is 11.9. The van der Waals surface area contributed by atoms with Gasteiger partial charge < -0.3 is 10.5 Å². The summed E-state index contributed by atoms with van der Waals surface area (Å²) < 4.78 is 19.5. The van der Waals surface area contributed by atoms with Gasteiger partial charge in [0.2, 0.25) is 0 Å². The molecule has 0 fully saturated rings. The van der Waals surface area contributed by atoms with Gasteiger partial charge in [0.1, 0.15) is 18.2 Å². The van der Waals surface area contributed by atoms with Crippen molar-refractivity contribution < 1.29 is 9.13 Å². The Morgan fingerprint density at radius 1 is 1.18 bits per heavy atom. The number of halogens is 2. The van der Waals surface area contributed by atoms with Crippen LogP contribution in [-0.4, -0.2) is 0 Å². The van der Waals surface area contributed by atoms with E-state index in [1.807, 2.05) is 24.3 Å². The first-order valence-corrected chi connectivity index (χ1v) is 5.87. The fourth-order valence-corrected chi connectivity index (χ4v) is 1.88. The van der Waals surface area contributed by atoms with Crippen molar-refractivity contribution in [3.8, 4) is 5.75 Å². The maximum atomic E-state index is 13.1. The van der Waals surface area contributed by atoms with E-state index in [9.17, 15) is 4.39 Å². The second-order valence-corrected chi connectivity index (χ2v) is 4.47. The number of nitrogen functional groups attached to an aromatic ring is 1. The minimum atomic E-state index is -0.351. The number of rotatable bonds is 3. The first-order valence-electron chi connectivity index (χ1n) is 5.07. The summed E-state index contributed by atoms with van der Waals surface area (Å²) in [6.45, 7) is 0.282. The molecule has 2 rings (SSSR count). The Kier molecular flexibility index (Phi) is 3.64. The average molecular weight is 296 g/mol. The second-order valence-electron chi connectivity index (χ2n) is 3.61. The lowest BCUT2D eigenvalue weighted by atomic mass is 10.2. The smallest absolute Gasteiger partial charge is 0.133 e. The van der Waals surface area contributed by atoms with Crippen LogP contribution in [0.15, 0.2) is 46.9 Å². The Morgan fingerprint density at radius 3 is 2.65 bits per heavy atom. The zero-order chi connectivity index (χ0) is 12.3. The van der Waals surface area contributed by atoms with E-state index >= 15 is 0 Å². The Balaban J connectivity index is 2.10. The van der Waals surface area contributed by atoms with Crippen LogP contribution in [0.1, 0.15) is 5.56 Å². The van der Waals surface area contributed by atoms with E-state index in [1.54, 1.807) is 6.07 Å². The van der Waals surface area contributed by atoms with Gasteiger partial charge in [-0.25, -0.2) is 4.39 Å². The summed E-state index contributed by atoms with van der Waals surface area (Å²) in [6.07, 6.45) is 0. The normalized spacial score (nSPS) is 10.2. The third kappa shape index (κ3) is 3.20. The summed E-state index contributed by atoms with van der Waals surface area (Å²) in [4.78, 5) is 0. The van der Waals surface area contributed by atoms with Crippen molar-refractivity contribution in [3.05, 3.63) is 58.3 Å². The Labute approximate surface area is 107 Å². The molecule has 2 N–H and O–H groups in total. The van der Waals surface area contributed by atoms with E-state index in [4.69, 9.17) is 10.5 Å². The van der Waals surface area contributed by atoms with Crippen LogP contribution in [0.3, 0.4) is 0 Å². The number of ether oxygens (including phenoxy) is 1. The molecule has 0 spiro atoms. The number of hydrogen-bond acceptors (Lipinski definition) is 2. The van der Waals surface area contributed by atoms with Crippen molar-refractivity contribution in [3.63, 3.8) is 0 Å². The highest BCUT2D eigenvalue weighted by Crippen LogP contribution is 2.25. The van der Waals surface area contributed by atoms with Gasteiger partial charge in [-0.2, -0.15) is 0 Å². The largest absolute Gasteiger partial charge is 0.488 e.